The van der Waals surface area contributed by atoms with E-state index in [4.69, 9.17) is 5.73 Å². The topological polar surface area (TPSA) is 77.2 Å². The van der Waals surface area contributed by atoms with Crippen LogP contribution in [0.2, 0.25) is 0 Å². The van der Waals surface area contributed by atoms with Crippen LogP contribution in [0, 0.1) is 11.8 Å². The van der Waals surface area contributed by atoms with E-state index in [1.165, 1.54) is 12.1 Å². The van der Waals surface area contributed by atoms with Gasteiger partial charge in [-0.15, -0.1) is 0 Å². The third-order valence-corrected chi connectivity index (χ3v) is 5.78. The third kappa shape index (κ3) is 1.68. The van der Waals surface area contributed by atoms with Crippen LogP contribution in [0.3, 0.4) is 0 Å². The van der Waals surface area contributed by atoms with Crippen LogP contribution in [0.4, 0.5) is 5.82 Å². The van der Waals surface area contributed by atoms with Gasteiger partial charge in [0, 0.05) is 24.2 Å². The summed E-state index contributed by atoms with van der Waals surface area (Å²) in [4.78, 5) is 7.08. The van der Waals surface area contributed by atoms with E-state index in [2.05, 4.69) is 41.1 Å². The van der Waals surface area contributed by atoms with Crippen LogP contribution >= 0.6 is 0 Å². The molecule has 0 spiro atoms. The van der Waals surface area contributed by atoms with Crippen molar-refractivity contribution in [2.45, 2.75) is 24.9 Å². The van der Waals surface area contributed by atoms with Crippen molar-refractivity contribution in [2.75, 3.05) is 12.3 Å². The Hall–Kier alpha value is -1.91. The molecule has 4 heteroatoms. The van der Waals surface area contributed by atoms with Gasteiger partial charge in [0.2, 0.25) is 0 Å². The van der Waals surface area contributed by atoms with Crippen molar-refractivity contribution in [3.05, 3.63) is 48.0 Å². The van der Waals surface area contributed by atoms with Gasteiger partial charge in [0.1, 0.15) is 5.82 Å². The van der Waals surface area contributed by atoms with Crippen molar-refractivity contribution in [1.29, 1.82) is 0 Å². The predicted molar refractivity (Wildman–Crippen MR) is 88.8 cm³/mol. The van der Waals surface area contributed by atoms with Gasteiger partial charge >= 0.3 is 0 Å². The number of fused-ring (bicyclic) bond motifs is 1. The number of nitrogen functional groups attached to an aromatic ring is 1. The minimum absolute atomic E-state index is 0. The minimum atomic E-state index is 0. The molecule has 5 rings (SSSR count). The molecule has 0 radical (unpaired) electrons. The highest BCUT2D eigenvalue weighted by atomic mass is 15.4. The SMILES string of the molecule is CC(c1ccc(-c2cccc(N)n2)cc1)C1C2C3CN1C32.N. The van der Waals surface area contributed by atoms with Crippen LogP contribution in [0.5, 0.6) is 0 Å². The largest absolute Gasteiger partial charge is 0.384 e. The molecule has 2 aromatic rings. The molecule has 5 unspecified atom stereocenters. The molecule has 22 heavy (non-hydrogen) atoms. The lowest BCUT2D eigenvalue weighted by Gasteiger charge is -2.44. The summed E-state index contributed by atoms with van der Waals surface area (Å²) in [6.45, 7) is 3.73. The first-order valence-corrected chi connectivity index (χ1v) is 7.82. The molecule has 114 valence electrons. The monoisotopic (exact) mass is 294 g/mol. The Morgan fingerprint density at radius 1 is 1.18 bits per heavy atom. The van der Waals surface area contributed by atoms with Gasteiger partial charge in [-0.05, 0) is 35.4 Å². The number of piperidine rings is 1. The Balaban J connectivity index is 0.00000125. The van der Waals surface area contributed by atoms with E-state index in [1.54, 1.807) is 0 Å². The molecule has 1 aromatic carbocycles. The summed E-state index contributed by atoms with van der Waals surface area (Å²) in [5.41, 5.74) is 9.30. The highest BCUT2D eigenvalue weighted by Crippen LogP contribution is 2.68. The molecular formula is C18H22N4. The Kier molecular flexibility index (Phi) is 2.83. The highest BCUT2D eigenvalue weighted by molar-refractivity contribution is 5.61. The van der Waals surface area contributed by atoms with Crippen molar-refractivity contribution in [3.8, 4) is 11.3 Å². The quantitative estimate of drug-likeness (QED) is 0.912. The van der Waals surface area contributed by atoms with Gasteiger partial charge in [0.15, 0.2) is 0 Å². The minimum Gasteiger partial charge on any atom is -0.384 e. The summed E-state index contributed by atoms with van der Waals surface area (Å²) in [7, 11) is 0. The number of hydrogen-bond donors (Lipinski definition) is 2. The zero-order chi connectivity index (χ0) is 14.1. The van der Waals surface area contributed by atoms with Crippen LogP contribution in [0.15, 0.2) is 42.5 Å². The van der Waals surface area contributed by atoms with E-state index < -0.39 is 0 Å². The van der Waals surface area contributed by atoms with Crippen LogP contribution in [-0.2, 0) is 0 Å². The van der Waals surface area contributed by atoms with Crippen molar-refractivity contribution in [3.63, 3.8) is 0 Å². The Labute approximate surface area is 130 Å². The van der Waals surface area contributed by atoms with E-state index in [1.807, 2.05) is 18.2 Å². The summed E-state index contributed by atoms with van der Waals surface area (Å²) in [6.07, 6.45) is 0. The number of aromatic nitrogens is 1. The number of pyridine rings is 1. The molecule has 3 fully saturated rings. The standard InChI is InChI=1S/C18H19N3.H3N/c1-10(17-16-13-9-21(17)18(13)16)11-5-7-12(8-6-11)14-3-2-4-15(19)20-14;/h2-8,10,13,16-18H,9H2,1H3,(H2,19,20);1H3. The Morgan fingerprint density at radius 3 is 2.55 bits per heavy atom. The van der Waals surface area contributed by atoms with E-state index in [0.29, 0.717) is 11.7 Å². The first kappa shape index (κ1) is 13.7. The first-order chi connectivity index (χ1) is 10.2. The van der Waals surface area contributed by atoms with Crippen molar-refractivity contribution in [1.82, 2.24) is 16.0 Å². The molecule has 2 saturated heterocycles. The van der Waals surface area contributed by atoms with Crippen LogP contribution < -0.4 is 11.9 Å². The van der Waals surface area contributed by atoms with Crippen LogP contribution in [0.25, 0.3) is 11.3 Å². The number of anilines is 1. The molecule has 5 N–H and O–H groups in total. The molecule has 3 heterocycles. The molecule has 2 aliphatic heterocycles. The van der Waals surface area contributed by atoms with Crippen molar-refractivity contribution in [2.24, 2.45) is 11.8 Å². The zero-order valence-corrected chi connectivity index (χ0v) is 12.8. The lowest BCUT2D eigenvalue weighted by atomic mass is 9.85. The first-order valence-electron chi connectivity index (χ1n) is 7.82. The fourth-order valence-corrected chi connectivity index (χ4v) is 4.59. The molecule has 1 aromatic heterocycles. The number of nitrogens with two attached hydrogens (primary N) is 1. The van der Waals surface area contributed by atoms with Gasteiger partial charge in [-0.2, -0.15) is 0 Å². The second-order valence-electron chi connectivity index (χ2n) is 6.78. The average molecular weight is 294 g/mol. The number of benzene rings is 1. The van der Waals surface area contributed by atoms with E-state index in [9.17, 15) is 0 Å². The van der Waals surface area contributed by atoms with Gasteiger partial charge < -0.3 is 11.9 Å². The molecule has 0 amide bonds. The smallest absolute Gasteiger partial charge is 0.124 e. The van der Waals surface area contributed by atoms with Crippen LogP contribution in [0.1, 0.15) is 18.4 Å². The van der Waals surface area contributed by atoms with E-state index in [0.717, 1.165) is 35.2 Å². The third-order valence-electron chi connectivity index (χ3n) is 5.78. The number of rotatable bonds is 3. The summed E-state index contributed by atoms with van der Waals surface area (Å²) in [5.74, 6) is 3.27. The van der Waals surface area contributed by atoms with Gasteiger partial charge in [0.05, 0.1) is 5.69 Å². The summed E-state index contributed by atoms with van der Waals surface area (Å²) in [5, 5.41) is 0. The maximum absolute atomic E-state index is 5.76. The van der Waals surface area contributed by atoms with E-state index in [-0.39, 0.29) is 6.15 Å². The normalized spacial score (nSPS) is 32.0. The molecule has 4 nitrogen and oxygen atoms in total. The molecule has 1 saturated carbocycles. The van der Waals surface area contributed by atoms with Gasteiger partial charge in [-0.25, -0.2) is 4.98 Å². The predicted octanol–water partition coefficient (Wildman–Crippen LogP) is 2.91. The van der Waals surface area contributed by atoms with Crippen molar-refractivity contribution >= 4 is 5.82 Å². The lowest BCUT2D eigenvalue weighted by molar-refractivity contribution is 0.0502. The van der Waals surface area contributed by atoms with Gasteiger partial charge in [-0.3, -0.25) is 4.90 Å². The average Bonchev–Trinajstić information content (AvgIpc) is 2.81. The lowest BCUT2D eigenvalue weighted by Crippen LogP contribution is -2.54. The number of hydrogen-bond acceptors (Lipinski definition) is 4. The molecular weight excluding hydrogens is 272 g/mol. The Bertz CT molecular complexity index is 700. The Morgan fingerprint density at radius 2 is 1.95 bits per heavy atom. The fourth-order valence-electron chi connectivity index (χ4n) is 4.59. The molecule has 1 aliphatic carbocycles. The summed E-state index contributed by atoms with van der Waals surface area (Å²) >= 11 is 0. The van der Waals surface area contributed by atoms with Gasteiger partial charge in [-0.1, -0.05) is 37.3 Å². The highest BCUT2D eigenvalue weighted by Gasteiger charge is 2.77. The maximum Gasteiger partial charge on any atom is 0.124 e. The second kappa shape index (κ2) is 4.54. The molecule has 5 atom stereocenters. The van der Waals surface area contributed by atoms with Gasteiger partial charge in [0.25, 0.3) is 0 Å². The number of nitrogens with zero attached hydrogens (tertiary/aromatic N) is 2. The fraction of sp³-hybridized carbons (Fsp3) is 0.389. The zero-order valence-electron chi connectivity index (χ0n) is 12.8. The molecule has 0 bridgehead atoms. The van der Waals surface area contributed by atoms with Crippen molar-refractivity contribution < 1.29 is 0 Å². The second-order valence-corrected chi connectivity index (χ2v) is 6.78. The molecule has 3 aliphatic rings. The maximum atomic E-state index is 5.76. The van der Waals surface area contributed by atoms with Crippen LogP contribution in [-0.4, -0.2) is 28.5 Å². The summed E-state index contributed by atoms with van der Waals surface area (Å²) in [6, 6.07) is 16.4. The van der Waals surface area contributed by atoms with E-state index >= 15 is 0 Å². The summed E-state index contributed by atoms with van der Waals surface area (Å²) < 4.78 is 0.